The zero-order chi connectivity index (χ0) is 35.5. The molecule has 0 aliphatic carbocycles. The molecular formula is C36H32Cl2F2N6O3. The zero-order valence-corrected chi connectivity index (χ0v) is 28.0. The average molecular weight is 706 g/mol. The van der Waals surface area contributed by atoms with Gasteiger partial charge in [0.1, 0.15) is 0 Å². The van der Waals surface area contributed by atoms with Crippen molar-refractivity contribution in [2.45, 2.75) is 26.9 Å². The Morgan fingerprint density at radius 2 is 1.18 bits per heavy atom. The fourth-order valence-electron chi connectivity index (χ4n) is 4.38. The number of carboxylic acids is 1. The predicted octanol–water partition coefficient (Wildman–Crippen LogP) is 8.28. The Morgan fingerprint density at radius 3 is 1.65 bits per heavy atom. The van der Waals surface area contributed by atoms with Crippen LogP contribution in [0.4, 0.5) is 20.2 Å². The number of benzene rings is 4. The van der Waals surface area contributed by atoms with Gasteiger partial charge in [0, 0.05) is 11.4 Å². The van der Waals surface area contributed by atoms with Crippen molar-refractivity contribution in [1.29, 1.82) is 0 Å². The van der Waals surface area contributed by atoms with E-state index in [0.717, 1.165) is 22.5 Å². The summed E-state index contributed by atoms with van der Waals surface area (Å²) in [5, 5.41) is 19.7. The second kappa shape index (κ2) is 17.0. The van der Waals surface area contributed by atoms with Crippen LogP contribution in [0.2, 0.25) is 10.0 Å². The zero-order valence-electron chi connectivity index (χ0n) is 26.4. The van der Waals surface area contributed by atoms with E-state index < -0.39 is 23.5 Å². The third-order valence-electron chi connectivity index (χ3n) is 6.95. The molecule has 0 spiro atoms. The maximum Gasteiger partial charge on any atom is 0.356 e. The van der Waals surface area contributed by atoms with E-state index in [1.807, 2.05) is 74.5 Å². The molecular weight excluding hydrogens is 673 g/mol. The number of aromatic nitrogens is 4. The number of carbonyl (C=O) groups excluding carboxylic acids is 1. The smallest absolute Gasteiger partial charge is 0.356 e. The summed E-state index contributed by atoms with van der Waals surface area (Å²) in [6.07, 6.45) is 0. The van der Waals surface area contributed by atoms with Crippen molar-refractivity contribution in [1.82, 2.24) is 19.6 Å². The Hall–Kier alpha value is -5.52. The summed E-state index contributed by atoms with van der Waals surface area (Å²) in [6, 6.07) is 31.8. The van der Waals surface area contributed by atoms with Crippen LogP contribution in [0.3, 0.4) is 0 Å². The van der Waals surface area contributed by atoms with E-state index in [9.17, 15) is 18.4 Å². The Morgan fingerprint density at radius 1 is 0.714 bits per heavy atom. The van der Waals surface area contributed by atoms with E-state index in [-0.39, 0.29) is 32.8 Å². The van der Waals surface area contributed by atoms with Crippen LogP contribution >= 0.6 is 23.2 Å². The minimum atomic E-state index is -0.991. The van der Waals surface area contributed by atoms with Gasteiger partial charge in [-0.15, -0.1) is 0 Å². The molecule has 0 fully saturated rings. The van der Waals surface area contributed by atoms with Crippen molar-refractivity contribution < 1.29 is 23.5 Å². The van der Waals surface area contributed by atoms with E-state index in [0.29, 0.717) is 13.1 Å². The lowest BCUT2D eigenvalue weighted by molar-refractivity contribution is 0.0689. The molecule has 4 aromatic carbocycles. The summed E-state index contributed by atoms with van der Waals surface area (Å²) in [4.78, 5) is 23.0. The van der Waals surface area contributed by atoms with Crippen LogP contribution in [0.5, 0.6) is 0 Å². The van der Waals surface area contributed by atoms with Crippen LogP contribution in [0.1, 0.15) is 43.5 Å². The van der Waals surface area contributed by atoms with Crippen LogP contribution in [-0.4, -0.2) is 36.5 Å². The summed E-state index contributed by atoms with van der Waals surface area (Å²) in [6.45, 7) is 4.88. The topological polar surface area (TPSA) is 128 Å². The van der Waals surface area contributed by atoms with Crippen LogP contribution in [0.15, 0.2) is 109 Å². The molecule has 4 N–H and O–H groups in total. The third kappa shape index (κ3) is 10.2. The van der Waals surface area contributed by atoms with Gasteiger partial charge in [0.05, 0.1) is 34.5 Å². The largest absolute Gasteiger partial charge is 0.476 e. The fourth-order valence-corrected chi connectivity index (χ4v) is 4.73. The van der Waals surface area contributed by atoms with Crippen molar-refractivity contribution >= 4 is 46.5 Å². The SMILES string of the molecule is Cc1cc(C(=O)Nc2cccc(Cl)c2F)nn1Cc1ccccc1.Cc1cc(C(=O)O)nn1Cc1ccccc1.Nc1cccc(Cl)c1F. The van der Waals surface area contributed by atoms with Gasteiger partial charge in [-0.2, -0.15) is 10.2 Å². The highest BCUT2D eigenvalue weighted by Crippen LogP contribution is 2.23. The molecule has 49 heavy (non-hydrogen) atoms. The van der Waals surface area contributed by atoms with E-state index in [2.05, 4.69) is 15.5 Å². The van der Waals surface area contributed by atoms with E-state index in [1.165, 1.54) is 24.3 Å². The van der Waals surface area contributed by atoms with Crippen LogP contribution in [-0.2, 0) is 13.1 Å². The molecule has 0 radical (unpaired) electrons. The number of amides is 1. The van der Waals surface area contributed by atoms with Crippen molar-refractivity contribution in [3.63, 3.8) is 0 Å². The number of carboxylic acid groups (broad SMARTS) is 1. The van der Waals surface area contributed by atoms with Gasteiger partial charge < -0.3 is 16.2 Å². The Bertz CT molecular complexity index is 2020. The molecule has 0 bridgehead atoms. The lowest BCUT2D eigenvalue weighted by atomic mass is 10.2. The second-order valence-electron chi connectivity index (χ2n) is 10.6. The van der Waals surface area contributed by atoms with Crippen LogP contribution < -0.4 is 11.1 Å². The molecule has 0 unspecified atom stereocenters. The Balaban J connectivity index is 0.000000185. The minimum Gasteiger partial charge on any atom is -0.476 e. The lowest BCUT2D eigenvalue weighted by Crippen LogP contribution is -2.14. The first-order valence-corrected chi connectivity index (χ1v) is 15.5. The Labute approximate surface area is 291 Å². The Kier molecular flexibility index (Phi) is 12.6. The highest BCUT2D eigenvalue weighted by Gasteiger charge is 2.16. The van der Waals surface area contributed by atoms with Gasteiger partial charge >= 0.3 is 5.97 Å². The van der Waals surface area contributed by atoms with E-state index >= 15 is 0 Å². The number of anilines is 2. The summed E-state index contributed by atoms with van der Waals surface area (Å²) in [5.41, 5.74) is 9.47. The van der Waals surface area contributed by atoms with Gasteiger partial charge in [-0.25, -0.2) is 13.6 Å². The van der Waals surface area contributed by atoms with Gasteiger partial charge in [-0.1, -0.05) is 96.0 Å². The number of carbonyl (C=O) groups is 2. The van der Waals surface area contributed by atoms with Crippen LogP contribution in [0.25, 0.3) is 0 Å². The molecule has 6 rings (SSSR count). The quantitative estimate of drug-likeness (QED) is 0.144. The average Bonchev–Trinajstić information content (AvgIpc) is 3.65. The van der Waals surface area contributed by atoms with Crippen molar-refractivity contribution in [3.05, 3.63) is 165 Å². The molecule has 252 valence electrons. The summed E-state index contributed by atoms with van der Waals surface area (Å²) in [5.74, 6) is -2.67. The number of rotatable bonds is 7. The number of nitrogens with zero attached hydrogens (tertiary/aromatic N) is 4. The first-order chi connectivity index (χ1) is 23.4. The number of aryl methyl sites for hydroxylation is 2. The first kappa shape index (κ1) is 36.3. The second-order valence-corrected chi connectivity index (χ2v) is 11.4. The predicted molar refractivity (Wildman–Crippen MR) is 187 cm³/mol. The summed E-state index contributed by atoms with van der Waals surface area (Å²) < 4.78 is 29.8. The molecule has 6 aromatic rings. The molecule has 0 saturated carbocycles. The molecule has 0 aliphatic heterocycles. The minimum absolute atomic E-state index is 0.0303. The normalized spacial score (nSPS) is 10.3. The molecule has 0 atom stereocenters. The number of nitrogens with one attached hydrogen (secondary N) is 1. The first-order valence-electron chi connectivity index (χ1n) is 14.8. The van der Waals surface area contributed by atoms with E-state index in [4.69, 9.17) is 34.0 Å². The lowest BCUT2D eigenvalue weighted by Gasteiger charge is -2.06. The molecule has 0 saturated heterocycles. The van der Waals surface area contributed by atoms with Crippen molar-refractivity contribution in [2.24, 2.45) is 0 Å². The molecule has 13 heteroatoms. The molecule has 0 aliphatic rings. The summed E-state index contributed by atoms with van der Waals surface area (Å²) in [7, 11) is 0. The number of hydrogen-bond acceptors (Lipinski definition) is 5. The number of aromatic carboxylic acids is 1. The van der Waals surface area contributed by atoms with E-state index in [1.54, 1.807) is 33.6 Å². The van der Waals surface area contributed by atoms with Gasteiger partial charge in [0.2, 0.25) is 0 Å². The molecule has 9 nitrogen and oxygen atoms in total. The number of nitrogens with two attached hydrogens (primary N) is 1. The highest BCUT2D eigenvalue weighted by molar-refractivity contribution is 6.31. The molecule has 1 amide bonds. The standard InChI is InChI=1S/C18H15ClFN3O.C12H12N2O2.C6H5ClFN/c1-12-10-16(22-23(12)11-13-6-3-2-4-7-13)18(24)21-15-9-5-8-14(19)17(15)20;1-9-7-11(12(15)16)13-14(9)8-10-5-3-2-4-6-10;7-4-2-1-3-5(9)6(4)8/h2-10H,11H2,1H3,(H,21,24);2-7H,8H2,1H3,(H,15,16);1-3H,9H2. The van der Waals surface area contributed by atoms with Gasteiger partial charge in [0.15, 0.2) is 23.0 Å². The number of nitrogen functional groups attached to an aromatic ring is 1. The third-order valence-corrected chi connectivity index (χ3v) is 7.53. The molecule has 2 heterocycles. The highest BCUT2D eigenvalue weighted by atomic mass is 35.5. The van der Waals surface area contributed by atoms with Gasteiger partial charge in [-0.05, 0) is 61.4 Å². The molecule has 2 aromatic heterocycles. The monoisotopic (exact) mass is 704 g/mol. The maximum absolute atomic E-state index is 13.9. The summed E-state index contributed by atoms with van der Waals surface area (Å²) >= 11 is 11.1. The number of hydrogen-bond donors (Lipinski definition) is 3. The van der Waals surface area contributed by atoms with Crippen molar-refractivity contribution in [3.8, 4) is 0 Å². The van der Waals surface area contributed by atoms with Crippen molar-refractivity contribution in [2.75, 3.05) is 11.1 Å². The van der Waals surface area contributed by atoms with Crippen LogP contribution in [0, 0.1) is 25.5 Å². The maximum atomic E-state index is 13.9. The number of halogens is 4. The fraction of sp³-hybridized carbons (Fsp3) is 0.111. The van der Waals surface area contributed by atoms with Gasteiger partial charge in [-0.3, -0.25) is 14.2 Å². The van der Waals surface area contributed by atoms with Gasteiger partial charge in [0.25, 0.3) is 5.91 Å².